The van der Waals surface area contributed by atoms with Crippen LogP contribution in [0.3, 0.4) is 0 Å². The van der Waals surface area contributed by atoms with Crippen LogP contribution in [-0.4, -0.2) is 27.8 Å². The van der Waals surface area contributed by atoms with Crippen molar-refractivity contribution >= 4 is 5.91 Å². The number of hydrogen-bond donors (Lipinski definition) is 1. The van der Waals surface area contributed by atoms with Gasteiger partial charge >= 0.3 is 0 Å². The van der Waals surface area contributed by atoms with Crippen molar-refractivity contribution in [3.63, 3.8) is 0 Å². The Labute approximate surface area is 146 Å². The SMILES string of the molecule is Cc1ccc(C(=O)N(C)C(c2ccccc2)c2ccccn2)c(=O)[nH]1. The lowest BCUT2D eigenvalue weighted by atomic mass is 10.0. The molecule has 0 radical (unpaired) electrons. The molecule has 126 valence electrons. The molecule has 5 heteroatoms. The standard InChI is InChI=1S/C20H19N3O2/c1-14-11-12-16(19(24)22-14)20(25)23(2)18(15-8-4-3-5-9-15)17-10-6-7-13-21-17/h3-13,18H,1-2H3,(H,22,24). The van der Waals surface area contributed by atoms with Gasteiger partial charge in [0.05, 0.1) is 11.7 Å². The molecule has 2 aromatic heterocycles. The molecule has 3 rings (SSSR count). The van der Waals surface area contributed by atoms with Gasteiger partial charge in [0.25, 0.3) is 11.5 Å². The van der Waals surface area contributed by atoms with E-state index in [1.807, 2.05) is 48.5 Å². The molecule has 25 heavy (non-hydrogen) atoms. The van der Waals surface area contributed by atoms with Crippen LogP contribution in [0.5, 0.6) is 0 Å². The highest BCUT2D eigenvalue weighted by Crippen LogP contribution is 2.26. The van der Waals surface area contributed by atoms with Gasteiger partial charge in [0.2, 0.25) is 0 Å². The van der Waals surface area contributed by atoms with Crippen molar-refractivity contribution < 1.29 is 4.79 Å². The Kier molecular flexibility index (Phi) is 4.75. The summed E-state index contributed by atoms with van der Waals surface area (Å²) in [5.74, 6) is -0.347. The molecule has 0 bridgehead atoms. The van der Waals surface area contributed by atoms with Crippen molar-refractivity contribution in [3.05, 3.63) is 99.7 Å². The second-order valence-electron chi connectivity index (χ2n) is 5.87. The number of nitrogens with one attached hydrogen (secondary N) is 1. The number of carbonyl (C=O) groups is 1. The second-order valence-corrected chi connectivity index (χ2v) is 5.87. The third-order valence-electron chi connectivity index (χ3n) is 4.08. The van der Waals surface area contributed by atoms with Crippen LogP contribution in [-0.2, 0) is 0 Å². The number of nitrogens with zero attached hydrogens (tertiary/aromatic N) is 2. The van der Waals surface area contributed by atoms with E-state index in [9.17, 15) is 9.59 Å². The molecule has 0 aliphatic heterocycles. The molecule has 0 fully saturated rings. The number of aromatic nitrogens is 2. The molecule has 2 heterocycles. The first-order valence-electron chi connectivity index (χ1n) is 8.01. The number of rotatable bonds is 4. The summed E-state index contributed by atoms with van der Waals surface area (Å²) in [6.07, 6.45) is 1.70. The Morgan fingerprint density at radius 2 is 1.76 bits per heavy atom. The van der Waals surface area contributed by atoms with Gasteiger partial charge in [-0.25, -0.2) is 0 Å². The van der Waals surface area contributed by atoms with Crippen LogP contribution >= 0.6 is 0 Å². The third-order valence-corrected chi connectivity index (χ3v) is 4.08. The second kappa shape index (κ2) is 7.13. The zero-order valence-electron chi connectivity index (χ0n) is 14.1. The predicted octanol–water partition coefficient (Wildman–Crippen LogP) is 2.94. The van der Waals surface area contributed by atoms with E-state index in [0.29, 0.717) is 5.69 Å². The summed E-state index contributed by atoms with van der Waals surface area (Å²) in [4.78, 5) is 33.7. The fourth-order valence-electron chi connectivity index (χ4n) is 2.81. The van der Waals surface area contributed by atoms with Crippen molar-refractivity contribution in [1.29, 1.82) is 0 Å². The number of hydrogen-bond acceptors (Lipinski definition) is 3. The molecule has 0 spiro atoms. The van der Waals surface area contributed by atoms with Gasteiger partial charge < -0.3 is 9.88 Å². The molecule has 0 saturated heterocycles. The normalized spacial score (nSPS) is 11.8. The Hall–Kier alpha value is -3.21. The summed E-state index contributed by atoms with van der Waals surface area (Å²) in [5, 5.41) is 0. The lowest BCUT2D eigenvalue weighted by Gasteiger charge is -2.28. The van der Waals surface area contributed by atoms with E-state index in [-0.39, 0.29) is 23.1 Å². The van der Waals surface area contributed by atoms with Crippen LogP contribution in [0, 0.1) is 6.92 Å². The van der Waals surface area contributed by atoms with E-state index >= 15 is 0 Å². The number of aromatic amines is 1. The summed E-state index contributed by atoms with van der Waals surface area (Å²) < 4.78 is 0. The molecule has 5 nitrogen and oxygen atoms in total. The Bertz CT molecular complexity index is 881. The molecule has 0 saturated carbocycles. The highest BCUT2D eigenvalue weighted by Gasteiger charge is 2.26. The van der Waals surface area contributed by atoms with Gasteiger partial charge in [-0.2, -0.15) is 0 Å². The maximum absolute atomic E-state index is 12.9. The van der Waals surface area contributed by atoms with Crippen LogP contribution in [0.25, 0.3) is 0 Å². The molecule has 0 aliphatic rings. The number of pyridine rings is 2. The molecule has 1 amide bonds. The maximum atomic E-state index is 12.9. The first-order chi connectivity index (χ1) is 12.1. The van der Waals surface area contributed by atoms with Crippen molar-refractivity contribution in [3.8, 4) is 0 Å². The topological polar surface area (TPSA) is 66.1 Å². The number of amides is 1. The molecule has 1 unspecified atom stereocenters. The highest BCUT2D eigenvalue weighted by molar-refractivity contribution is 5.94. The lowest BCUT2D eigenvalue weighted by Crippen LogP contribution is -2.35. The van der Waals surface area contributed by atoms with Crippen molar-refractivity contribution in [2.45, 2.75) is 13.0 Å². The van der Waals surface area contributed by atoms with Gasteiger partial charge in [-0.1, -0.05) is 36.4 Å². The summed E-state index contributed by atoms with van der Waals surface area (Å²) in [6.45, 7) is 1.78. The van der Waals surface area contributed by atoms with Crippen LogP contribution in [0.15, 0.2) is 71.7 Å². The quantitative estimate of drug-likeness (QED) is 0.798. The summed E-state index contributed by atoms with van der Waals surface area (Å²) in [6, 6.07) is 18.2. The minimum atomic E-state index is -0.385. The minimum Gasteiger partial charge on any atom is -0.329 e. The molecular weight excluding hydrogens is 314 g/mol. The summed E-state index contributed by atoms with van der Waals surface area (Å²) >= 11 is 0. The van der Waals surface area contributed by atoms with E-state index in [1.54, 1.807) is 37.2 Å². The monoisotopic (exact) mass is 333 g/mol. The zero-order valence-corrected chi connectivity index (χ0v) is 14.1. The molecule has 1 atom stereocenters. The van der Waals surface area contributed by atoms with E-state index in [1.165, 1.54) is 0 Å². The average Bonchev–Trinajstić information content (AvgIpc) is 2.63. The van der Waals surface area contributed by atoms with Gasteiger partial charge in [0, 0.05) is 18.9 Å². The summed E-state index contributed by atoms with van der Waals surface area (Å²) in [7, 11) is 1.69. The fourth-order valence-corrected chi connectivity index (χ4v) is 2.81. The first-order valence-corrected chi connectivity index (χ1v) is 8.01. The minimum absolute atomic E-state index is 0.116. The van der Waals surface area contributed by atoms with Crippen LogP contribution in [0.4, 0.5) is 0 Å². The smallest absolute Gasteiger partial charge is 0.260 e. The highest BCUT2D eigenvalue weighted by atomic mass is 16.2. The molecule has 3 aromatic rings. The van der Waals surface area contributed by atoms with E-state index < -0.39 is 0 Å². The number of H-pyrrole nitrogens is 1. The van der Waals surface area contributed by atoms with Crippen molar-refractivity contribution in [2.75, 3.05) is 7.05 Å². The molecule has 1 N–H and O–H groups in total. The van der Waals surface area contributed by atoms with Crippen LogP contribution < -0.4 is 5.56 Å². The third kappa shape index (κ3) is 3.50. The zero-order chi connectivity index (χ0) is 17.8. The van der Waals surface area contributed by atoms with Gasteiger partial charge in [0.1, 0.15) is 5.56 Å². The predicted molar refractivity (Wildman–Crippen MR) is 96.4 cm³/mol. The molecule has 0 aliphatic carbocycles. The van der Waals surface area contributed by atoms with Gasteiger partial charge in [-0.05, 0) is 36.8 Å². The van der Waals surface area contributed by atoms with Crippen molar-refractivity contribution in [1.82, 2.24) is 14.9 Å². The lowest BCUT2D eigenvalue weighted by molar-refractivity contribution is 0.0751. The Morgan fingerprint density at radius 1 is 1.04 bits per heavy atom. The Morgan fingerprint density at radius 3 is 2.40 bits per heavy atom. The molecule has 1 aromatic carbocycles. The summed E-state index contributed by atoms with van der Waals surface area (Å²) in [5.41, 5.74) is 2.12. The van der Waals surface area contributed by atoms with Gasteiger partial charge in [0.15, 0.2) is 0 Å². The Balaban J connectivity index is 2.04. The van der Waals surface area contributed by atoms with Crippen LogP contribution in [0.1, 0.15) is 33.4 Å². The van der Waals surface area contributed by atoms with Gasteiger partial charge in [-0.3, -0.25) is 14.6 Å². The molecular formula is C20H19N3O2. The van der Waals surface area contributed by atoms with E-state index in [4.69, 9.17) is 0 Å². The van der Waals surface area contributed by atoms with Crippen molar-refractivity contribution in [2.24, 2.45) is 0 Å². The average molecular weight is 333 g/mol. The largest absolute Gasteiger partial charge is 0.329 e. The number of benzene rings is 1. The first kappa shape index (κ1) is 16.6. The van der Waals surface area contributed by atoms with Gasteiger partial charge in [-0.15, -0.1) is 0 Å². The number of carbonyl (C=O) groups excluding carboxylic acids is 1. The van der Waals surface area contributed by atoms with E-state index in [0.717, 1.165) is 11.3 Å². The fraction of sp³-hybridized carbons (Fsp3) is 0.150. The number of aryl methyl sites for hydroxylation is 1. The van der Waals surface area contributed by atoms with E-state index in [2.05, 4.69) is 9.97 Å². The maximum Gasteiger partial charge on any atom is 0.260 e. The van der Waals surface area contributed by atoms with Crippen LogP contribution in [0.2, 0.25) is 0 Å².